The van der Waals surface area contributed by atoms with E-state index in [2.05, 4.69) is 21.5 Å². The Morgan fingerprint density at radius 1 is 1.09 bits per heavy atom. The van der Waals surface area contributed by atoms with Gasteiger partial charge in [0.2, 0.25) is 5.89 Å². The Morgan fingerprint density at radius 3 is 2.30 bits per heavy atom. The molecule has 122 valence electrons. The van der Waals surface area contributed by atoms with E-state index in [1.807, 2.05) is 26.0 Å². The molecule has 0 saturated heterocycles. The molecule has 1 saturated carbocycles. The summed E-state index contributed by atoms with van der Waals surface area (Å²) in [6.07, 6.45) is 4.99. The summed E-state index contributed by atoms with van der Waals surface area (Å²) >= 11 is 0. The van der Waals surface area contributed by atoms with E-state index < -0.39 is 5.54 Å². The fourth-order valence-electron chi connectivity index (χ4n) is 3.45. The third-order valence-corrected chi connectivity index (χ3v) is 4.50. The molecule has 3 rings (SSSR count). The number of benzene rings is 1. The molecule has 1 N–H and O–H groups in total. The van der Waals surface area contributed by atoms with Crippen LogP contribution in [0.5, 0.6) is 0 Å². The summed E-state index contributed by atoms with van der Waals surface area (Å²) in [7, 11) is 0. The highest BCUT2D eigenvalue weighted by molar-refractivity contribution is 5.95. The average Bonchev–Trinajstić information content (AvgIpc) is 2.94. The fourth-order valence-corrected chi connectivity index (χ4v) is 3.45. The van der Waals surface area contributed by atoms with Gasteiger partial charge in [0.05, 0.1) is 0 Å². The summed E-state index contributed by atoms with van der Waals surface area (Å²) < 4.78 is 5.16. The molecule has 1 aromatic heterocycles. The molecule has 0 unspecified atom stereocenters. The van der Waals surface area contributed by atoms with Gasteiger partial charge < -0.3 is 9.84 Å². The van der Waals surface area contributed by atoms with Gasteiger partial charge >= 0.3 is 0 Å². The number of rotatable bonds is 3. The second kappa shape index (κ2) is 6.14. The molecule has 1 amide bonds. The molecule has 5 nitrogen and oxygen atoms in total. The van der Waals surface area contributed by atoms with Crippen molar-refractivity contribution in [3.05, 3.63) is 46.6 Å². The minimum absolute atomic E-state index is 0.0684. The third-order valence-electron chi connectivity index (χ3n) is 4.50. The van der Waals surface area contributed by atoms with Gasteiger partial charge in [0.1, 0.15) is 5.54 Å². The Hall–Kier alpha value is -2.17. The molecule has 23 heavy (non-hydrogen) atoms. The van der Waals surface area contributed by atoms with Gasteiger partial charge in [-0.1, -0.05) is 41.6 Å². The summed E-state index contributed by atoms with van der Waals surface area (Å²) in [6, 6.07) is 5.90. The van der Waals surface area contributed by atoms with E-state index in [1.165, 1.54) is 6.42 Å². The van der Waals surface area contributed by atoms with Crippen LogP contribution in [-0.4, -0.2) is 16.0 Å². The van der Waals surface area contributed by atoms with Crippen LogP contribution < -0.4 is 5.32 Å². The standard InChI is InChI=1S/C18H23N3O2/c1-12-9-13(2)11-15(10-12)16(22)20-18(7-5-4-6-8-18)17-19-14(3)23-21-17/h9-11H,4-8H2,1-3H3,(H,20,22). The summed E-state index contributed by atoms with van der Waals surface area (Å²) in [6.45, 7) is 5.78. The zero-order valence-corrected chi connectivity index (χ0v) is 14.0. The van der Waals surface area contributed by atoms with E-state index in [0.29, 0.717) is 17.3 Å². The first kappa shape index (κ1) is 15.7. The number of aromatic nitrogens is 2. The minimum atomic E-state index is -0.509. The molecule has 0 radical (unpaired) electrons. The molecule has 1 aliphatic carbocycles. The first-order valence-electron chi connectivity index (χ1n) is 8.20. The number of nitrogens with one attached hydrogen (secondary N) is 1. The molecular weight excluding hydrogens is 290 g/mol. The van der Waals surface area contributed by atoms with Crippen LogP contribution in [0.3, 0.4) is 0 Å². The largest absolute Gasteiger partial charge is 0.340 e. The summed E-state index contributed by atoms with van der Waals surface area (Å²) in [5, 5.41) is 7.30. The van der Waals surface area contributed by atoms with E-state index in [0.717, 1.165) is 36.8 Å². The van der Waals surface area contributed by atoms with Crippen LogP contribution in [0.25, 0.3) is 0 Å². The number of hydrogen-bond acceptors (Lipinski definition) is 4. The molecule has 2 aromatic rings. The molecule has 1 heterocycles. The molecule has 1 aliphatic rings. The molecule has 1 aromatic carbocycles. The normalized spacial score (nSPS) is 17.0. The van der Waals surface area contributed by atoms with E-state index in [1.54, 1.807) is 6.92 Å². The number of nitrogens with zero attached hydrogens (tertiary/aromatic N) is 2. The van der Waals surface area contributed by atoms with Crippen molar-refractivity contribution >= 4 is 5.91 Å². The van der Waals surface area contributed by atoms with Gasteiger partial charge in [-0.2, -0.15) is 4.98 Å². The second-order valence-corrected chi connectivity index (χ2v) is 6.61. The average molecular weight is 313 g/mol. The number of hydrogen-bond donors (Lipinski definition) is 1. The fraction of sp³-hybridized carbons (Fsp3) is 0.500. The zero-order valence-electron chi connectivity index (χ0n) is 14.0. The smallest absolute Gasteiger partial charge is 0.252 e. The van der Waals surface area contributed by atoms with Crippen molar-refractivity contribution in [3.8, 4) is 0 Å². The van der Waals surface area contributed by atoms with Gasteiger partial charge in [0.25, 0.3) is 5.91 Å². The summed E-state index contributed by atoms with van der Waals surface area (Å²) in [5.74, 6) is 1.07. The Kier molecular flexibility index (Phi) is 4.20. The highest BCUT2D eigenvalue weighted by Crippen LogP contribution is 2.36. The first-order chi connectivity index (χ1) is 11.0. The molecular formula is C18H23N3O2. The lowest BCUT2D eigenvalue weighted by atomic mass is 9.80. The monoisotopic (exact) mass is 313 g/mol. The van der Waals surface area contributed by atoms with Crippen molar-refractivity contribution in [1.82, 2.24) is 15.5 Å². The predicted molar refractivity (Wildman–Crippen MR) is 87.2 cm³/mol. The molecule has 5 heteroatoms. The molecule has 0 aliphatic heterocycles. The van der Waals surface area contributed by atoms with Crippen LogP contribution in [0, 0.1) is 20.8 Å². The van der Waals surface area contributed by atoms with Crippen molar-refractivity contribution in [1.29, 1.82) is 0 Å². The van der Waals surface area contributed by atoms with Crippen LogP contribution in [0.15, 0.2) is 22.7 Å². The van der Waals surface area contributed by atoms with Gasteiger partial charge in [-0.05, 0) is 38.8 Å². The lowest BCUT2D eigenvalue weighted by molar-refractivity contribution is 0.0855. The maximum Gasteiger partial charge on any atom is 0.252 e. The zero-order chi connectivity index (χ0) is 16.4. The van der Waals surface area contributed by atoms with Crippen LogP contribution in [0.2, 0.25) is 0 Å². The Balaban J connectivity index is 1.90. The predicted octanol–water partition coefficient (Wildman–Crippen LogP) is 3.58. The van der Waals surface area contributed by atoms with E-state index >= 15 is 0 Å². The van der Waals surface area contributed by atoms with Crippen molar-refractivity contribution in [2.24, 2.45) is 0 Å². The van der Waals surface area contributed by atoms with E-state index in [-0.39, 0.29) is 5.91 Å². The minimum Gasteiger partial charge on any atom is -0.340 e. The second-order valence-electron chi connectivity index (χ2n) is 6.61. The lowest BCUT2D eigenvalue weighted by Crippen LogP contribution is -2.48. The van der Waals surface area contributed by atoms with Gasteiger partial charge in [-0.15, -0.1) is 0 Å². The Bertz CT molecular complexity index is 695. The highest BCUT2D eigenvalue weighted by Gasteiger charge is 2.39. The number of carbonyl (C=O) groups is 1. The van der Waals surface area contributed by atoms with Crippen molar-refractivity contribution < 1.29 is 9.32 Å². The molecule has 0 spiro atoms. The van der Waals surface area contributed by atoms with Crippen LogP contribution in [0.1, 0.15) is 65.3 Å². The molecule has 0 atom stereocenters. The van der Waals surface area contributed by atoms with Crippen LogP contribution in [0.4, 0.5) is 0 Å². The topological polar surface area (TPSA) is 68.0 Å². The Labute approximate surface area is 136 Å². The first-order valence-corrected chi connectivity index (χ1v) is 8.20. The summed E-state index contributed by atoms with van der Waals surface area (Å²) in [5.41, 5.74) is 2.35. The van der Waals surface area contributed by atoms with Gasteiger partial charge in [-0.25, -0.2) is 0 Å². The number of amides is 1. The highest BCUT2D eigenvalue weighted by atomic mass is 16.5. The lowest BCUT2D eigenvalue weighted by Gasteiger charge is -2.35. The van der Waals surface area contributed by atoms with Crippen LogP contribution in [-0.2, 0) is 5.54 Å². The summed E-state index contributed by atoms with van der Waals surface area (Å²) in [4.78, 5) is 17.2. The quantitative estimate of drug-likeness (QED) is 0.940. The van der Waals surface area contributed by atoms with Gasteiger partial charge in [-0.3, -0.25) is 4.79 Å². The number of carbonyl (C=O) groups excluding carboxylic acids is 1. The number of aryl methyl sites for hydroxylation is 3. The SMILES string of the molecule is Cc1cc(C)cc(C(=O)NC2(c3noc(C)n3)CCCCC2)c1. The van der Waals surface area contributed by atoms with E-state index in [4.69, 9.17) is 4.52 Å². The third kappa shape index (κ3) is 3.28. The van der Waals surface area contributed by atoms with E-state index in [9.17, 15) is 4.79 Å². The van der Waals surface area contributed by atoms with Crippen molar-refractivity contribution in [2.75, 3.05) is 0 Å². The maximum atomic E-state index is 12.8. The van der Waals surface area contributed by atoms with Gasteiger partial charge in [0.15, 0.2) is 5.82 Å². The Morgan fingerprint density at radius 2 is 1.74 bits per heavy atom. The maximum absolute atomic E-state index is 12.8. The van der Waals surface area contributed by atoms with Crippen molar-refractivity contribution in [3.63, 3.8) is 0 Å². The molecule has 1 fully saturated rings. The van der Waals surface area contributed by atoms with Crippen LogP contribution >= 0.6 is 0 Å². The molecule has 0 bridgehead atoms. The van der Waals surface area contributed by atoms with Gasteiger partial charge in [0, 0.05) is 12.5 Å². The van der Waals surface area contributed by atoms with Crippen molar-refractivity contribution in [2.45, 2.75) is 58.4 Å².